The Labute approximate surface area is 131 Å². The topological polar surface area (TPSA) is 69.7 Å². The van der Waals surface area contributed by atoms with Crippen molar-refractivity contribution in [1.29, 1.82) is 0 Å². The van der Waals surface area contributed by atoms with E-state index in [2.05, 4.69) is 0 Å². The van der Waals surface area contributed by atoms with Gasteiger partial charge in [-0.05, 0) is 31.6 Å². The van der Waals surface area contributed by atoms with Crippen LogP contribution in [0.2, 0.25) is 0 Å². The molecule has 0 saturated carbocycles. The Kier molecular flexibility index (Phi) is 4.26. The Morgan fingerprint density at radius 1 is 1.36 bits per heavy atom. The first-order valence-electron chi connectivity index (χ1n) is 7.20. The van der Waals surface area contributed by atoms with Crippen LogP contribution in [0.5, 0.6) is 0 Å². The molecule has 0 spiro atoms. The molecule has 0 amide bonds. The Morgan fingerprint density at radius 3 is 2.45 bits per heavy atom. The van der Waals surface area contributed by atoms with Crippen LogP contribution in [0.25, 0.3) is 0 Å². The molecule has 0 radical (unpaired) electrons. The zero-order valence-corrected chi connectivity index (χ0v) is 14.4. The molecule has 1 atom stereocenters. The SMILES string of the molecule is CC(C)OC1=CC(C2=CCOC2=O)=CC(C)(C)C1S(C)(=O)=O. The summed E-state index contributed by atoms with van der Waals surface area (Å²) in [5.74, 6) is -0.0133. The first-order chi connectivity index (χ1) is 10.0. The molecule has 122 valence electrons. The van der Waals surface area contributed by atoms with Crippen molar-refractivity contribution in [2.75, 3.05) is 12.9 Å². The first kappa shape index (κ1) is 16.8. The molecule has 1 unspecified atom stereocenters. The predicted molar refractivity (Wildman–Crippen MR) is 83.8 cm³/mol. The van der Waals surface area contributed by atoms with E-state index in [0.29, 0.717) is 16.9 Å². The maximum Gasteiger partial charge on any atom is 0.338 e. The highest BCUT2D eigenvalue weighted by molar-refractivity contribution is 7.91. The minimum Gasteiger partial charge on any atom is -0.494 e. The van der Waals surface area contributed by atoms with Crippen LogP contribution in [0.1, 0.15) is 27.7 Å². The van der Waals surface area contributed by atoms with Gasteiger partial charge < -0.3 is 9.47 Å². The lowest BCUT2D eigenvalue weighted by atomic mass is 9.80. The van der Waals surface area contributed by atoms with Gasteiger partial charge in [0.2, 0.25) is 0 Å². The van der Waals surface area contributed by atoms with Gasteiger partial charge in [-0.2, -0.15) is 0 Å². The average molecular weight is 326 g/mol. The number of sulfone groups is 1. The molecular weight excluding hydrogens is 304 g/mol. The molecule has 22 heavy (non-hydrogen) atoms. The Balaban J connectivity index is 2.54. The maximum absolute atomic E-state index is 12.2. The average Bonchev–Trinajstić information content (AvgIpc) is 2.70. The Bertz CT molecular complexity index is 677. The lowest BCUT2D eigenvalue weighted by Gasteiger charge is -2.36. The lowest BCUT2D eigenvalue weighted by Crippen LogP contribution is -2.40. The molecule has 0 saturated heterocycles. The normalized spacial score (nSPS) is 24.5. The Morgan fingerprint density at radius 2 is 2.00 bits per heavy atom. The number of carbonyl (C=O) groups is 1. The second-order valence-corrected chi connectivity index (χ2v) is 8.69. The molecule has 0 N–H and O–H groups in total. The van der Waals surface area contributed by atoms with E-state index < -0.39 is 20.5 Å². The van der Waals surface area contributed by atoms with Crippen LogP contribution in [0.4, 0.5) is 0 Å². The number of rotatable bonds is 4. The zero-order chi connectivity index (χ0) is 16.7. The first-order valence-corrected chi connectivity index (χ1v) is 9.15. The van der Waals surface area contributed by atoms with Crippen molar-refractivity contribution in [3.8, 4) is 0 Å². The van der Waals surface area contributed by atoms with Gasteiger partial charge in [-0.15, -0.1) is 0 Å². The van der Waals surface area contributed by atoms with Crippen molar-refractivity contribution < 1.29 is 22.7 Å². The van der Waals surface area contributed by atoms with Crippen LogP contribution in [0.3, 0.4) is 0 Å². The van der Waals surface area contributed by atoms with Crippen molar-refractivity contribution in [1.82, 2.24) is 0 Å². The smallest absolute Gasteiger partial charge is 0.338 e. The van der Waals surface area contributed by atoms with Crippen LogP contribution >= 0.6 is 0 Å². The van der Waals surface area contributed by atoms with Crippen LogP contribution in [0, 0.1) is 5.41 Å². The minimum absolute atomic E-state index is 0.157. The fraction of sp³-hybridized carbons (Fsp3) is 0.562. The van der Waals surface area contributed by atoms with Gasteiger partial charge >= 0.3 is 5.97 Å². The van der Waals surface area contributed by atoms with E-state index in [0.717, 1.165) is 0 Å². The van der Waals surface area contributed by atoms with Gasteiger partial charge in [-0.25, -0.2) is 13.2 Å². The molecular formula is C16H22O5S. The molecule has 2 aliphatic rings. The van der Waals surface area contributed by atoms with Crippen molar-refractivity contribution in [2.24, 2.45) is 5.41 Å². The van der Waals surface area contributed by atoms with Gasteiger partial charge in [0.05, 0.1) is 11.7 Å². The number of ether oxygens (including phenoxy) is 2. The van der Waals surface area contributed by atoms with Crippen molar-refractivity contribution in [2.45, 2.75) is 39.0 Å². The summed E-state index contributed by atoms with van der Waals surface area (Å²) < 4.78 is 35.1. The van der Waals surface area contributed by atoms with E-state index >= 15 is 0 Å². The van der Waals surface area contributed by atoms with Gasteiger partial charge in [-0.1, -0.05) is 19.9 Å². The Hall–Kier alpha value is -1.56. The lowest BCUT2D eigenvalue weighted by molar-refractivity contribution is -0.135. The molecule has 1 aliphatic heterocycles. The molecule has 5 nitrogen and oxygen atoms in total. The number of hydrogen-bond acceptors (Lipinski definition) is 5. The molecule has 0 bridgehead atoms. The highest BCUT2D eigenvalue weighted by Gasteiger charge is 2.43. The highest BCUT2D eigenvalue weighted by atomic mass is 32.2. The summed E-state index contributed by atoms with van der Waals surface area (Å²) in [6, 6.07) is 0. The molecule has 1 heterocycles. The van der Waals surface area contributed by atoms with Crippen LogP contribution < -0.4 is 0 Å². The van der Waals surface area contributed by atoms with Crippen LogP contribution in [-0.4, -0.2) is 38.6 Å². The van der Waals surface area contributed by atoms with E-state index in [1.807, 2.05) is 33.8 Å². The van der Waals surface area contributed by atoms with E-state index in [9.17, 15) is 13.2 Å². The van der Waals surface area contributed by atoms with Gasteiger partial charge in [-0.3, -0.25) is 0 Å². The fourth-order valence-corrected chi connectivity index (χ4v) is 4.71. The van der Waals surface area contributed by atoms with Gasteiger partial charge in [0.15, 0.2) is 9.84 Å². The molecule has 0 aromatic heterocycles. The summed E-state index contributed by atoms with van der Waals surface area (Å²) in [7, 11) is -3.36. The molecule has 0 fully saturated rings. The van der Waals surface area contributed by atoms with Crippen molar-refractivity contribution in [3.63, 3.8) is 0 Å². The molecule has 1 aliphatic carbocycles. The quantitative estimate of drug-likeness (QED) is 0.741. The number of cyclic esters (lactones) is 1. The molecule has 0 aromatic rings. The zero-order valence-electron chi connectivity index (χ0n) is 13.5. The summed E-state index contributed by atoms with van der Waals surface area (Å²) in [5.41, 5.74) is 0.430. The van der Waals surface area contributed by atoms with Crippen LogP contribution in [-0.2, 0) is 24.1 Å². The van der Waals surface area contributed by atoms with Crippen molar-refractivity contribution >= 4 is 15.8 Å². The molecule has 0 aromatic carbocycles. The van der Waals surface area contributed by atoms with E-state index in [1.54, 1.807) is 12.2 Å². The minimum atomic E-state index is -3.36. The third kappa shape index (κ3) is 3.27. The van der Waals surface area contributed by atoms with Crippen LogP contribution in [0.15, 0.2) is 35.1 Å². The summed E-state index contributed by atoms with van der Waals surface area (Å²) in [6.07, 6.45) is 6.21. The number of hydrogen-bond donors (Lipinski definition) is 0. The number of carbonyl (C=O) groups excluding carboxylic acids is 1. The molecule has 2 rings (SSSR count). The maximum atomic E-state index is 12.2. The largest absolute Gasteiger partial charge is 0.494 e. The fourth-order valence-electron chi connectivity index (χ4n) is 3.00. The summed E-state index contributed by atoms with van der Waals surface area (Å²) in [4.78, 5) is 11.8. The highest BCUT2D eigenvalue weighted by Crippen LogP contribution is 2.41. The monoisotopic (exact) mass is 326 g/mol. The second-order valence-electron chi connectivity index (χ2n) is 6.56. The standard InChI is InChI=1S/C16H22O5S/c1-10(2)21-13-8-11(12-6-7-20-15(12)17)9-16(3,4)14(13)22(5,18)19/h6,8-10,14H,7H2,1-5H3. The van der Waals surface area contributed by atoms with Crippen molar-refractivity contribution in [3.05, 3.63) is 35.1 Å². The van der Waals surface area contributed by atoms with E-state index in [-0.39, 0.29) is 18.7 Å². The summed E-state index contributed by atoms with van der Waals surface area (Å²) in [5, 5.41) is -0.774. The van der Waals surface area contributed by atoms with Gasteiger partial charge in [0.25, 0.3) is 0 Å². The summed E-state index contributed by atoms with van der Waals surface area (Å²) >= 11 is 0. The van der Waals surface area contributed by atoms with E-state index in [1.165, 1.54) is 6.26 Å². The number of allylic oxidation sites excluding steroid dienone is 2. The van der Waals surface area contributed by atoms with Gasteiger partial charge in [0.1, 0.15) is 17.6 Å². The third-order valence-corrected chi connectivity index (χ3v) is 5.29. The predicted octanol–water partition coefficient (Wildman–Crippen LogP) is 2.16. The summed E-state index contributed by atoms with van der Waals surface area (Å²) in [6.45, 7) is 7.59. The number of esters is 1. The second kappa shape index (κ2) is 5.57. The van der Waals surface area contributed by atoms with Gasteiger partial charge in [0, 0.05) is 11.7 Å². The third-order valence-electron chi connectivity index (χ3n) is 3.59. The van der Waals surface area contributed by atoms with E-state index in [4.69, 9.17) is 9.47 Å². The molecule has 6 heteroatoms.